The second-order valence-corrected chi connectivity index (χ2v) is 12.8. The van der Waals surface area contributed by atoms with Gasteiger partial charge in [0, 0.05) is 35.9 Å². The summed E-state index contributed by atoms with van der Waals surface area (Å²) in [5.41, 5.74) is 3.55. The molecule has 0 aliphatic heterocycles. The third-order valence-electron chi connectivity index (χ3n) is 7.43. The van der Waals surface area contributed by atoms with Crippen LogP contribution in [-0.2, 0) is 9.59 Å². The van der Waals surface area contributed by atoms with E-state index in [1.54, 1.807) is 60.7 Å². The molecule has 0 bridgehead atoms. The molecule has 0 heterocycles. The van der Waals surface area contributed by atoms with E-state index in [1.807, 2.05) is 73.6 Å². The molecule has 3 amide bonds. The number of anilines is 3. The summed E-state index contributed by atoms with van der Waals surface area (Å²) in [5, 5.41) is 17.3. The van der Waals surface area contributed by atoms with Gasteiger partial charge in [0.05, 0.1) is 16.3 Å². The van der Waals surface area contributed by atoms with Crippen LogP contribution in [0.1, 0.15) is 37.1 Å². The van der Waals surface area contributed by atoms with Crippen LogP contribution in [0.2, 0.25) is 5.02 Å². The van der Waals surface area contributed by atoms with Crippen molar-refractivity contribution in [3.8, 4) is 0 Å². The summed E-state index contributed by atoms with van der Waals surface area (Å²) in [4.78, 5) is 54.4. The van der Waals surface area contributed by atoms with Crippen LogP contribution in [0.25, 0.3) is 6.08 Å². The van der Waals surface area contributed by atoms with Crippen molar-refractivity contribution in [3.05, 3.63) is 160 Å². The van der Waals surface area contributed by atoms with Crippen molar-refractivity contribution in [2.45, 2.75) is 10.1 Å². The van der Waals surface area contributed by atoms with Gasteiger partial charge in [0.2, 0.25) is 5.91 Å². The minimum absolute atomic E-state index is 0.00822. The molecule has 0 aliphatic rings. The van der Waals surface area contributed by atoms with Gasteiger partial charge in [-0.15, -0.1) is 11.8 Å². The fraction of sp³-hybridized carbons (Fsp3) is 0.0769. The van der Waals surface area contributed by atoms with Crippen molar-refractivity contribution in [1.82, 2.24) is 5.32 Å². The average molecular weight is 705 g/mol. The van der Waals surface area contributed by atoms with Gasteiger partial charge in [-0.1, -0.05) is 72.3 Å². The zero-order chi connectivity index (χ0) is 35.6. The number of halogens is 1. The third-order valence-corrected chi connectivity index (χ3v) is 9.02. The Morgan fingerprint density at radius 3 is 2.02 bits per heavy atom. The third kappa shape index (κ3) is 9.40. The van der Waals surface area contributed by atoms with Crippen molar-refractivity contribution in [3.63, 3.8) is 0 Å². The number of carboxylic acids is 1. The van der Waals surface area contributed by atoms with Crippen molar-refractivity contribution in [1.29, 1.82) is 0 Å². The van der Waals surface area contributed by atoms with Crippen LogP contribution < -0.4 is 20.9 Å². The van der Waals surface area contributed by atoms with Crippen molar-refractivity contribution >= 4 is 70.2 Å². The number of carbonyl (C=O) groups is 4. The zero-order valence-corrected chi connectivity index (χ0v) is 28.7. The molecule has 0 aliphatic carbocycles. The Morgan fingerprint density at radius 2 is 1.40 bits per heavy atom. The first kappa shape index (κ1) is 35.5. The van der Waals surface area contributed by atoms with E-state index in [2.05, 4.69) is 16.0 Å². The summed E-state index contributed by atoms with van der Waals surface area (Å²) in [5.74, 6) is -2.48. The highest BCUT2D eigenvalue weighted by Crippen LogP contribution is 2.37. The molecule has 252 valence electrons. The SMILES string of the molecule is CN(C)c1ccc(/C=C(\NC(=O)c2ccccc2)C(=O)Nc2ccc(SC(C(=O)Nc3cc(C(=O)O)ccc3Cl)c3ccccc3)cc2)cc1. The van der Waals surface area contributed by atoms with Gasteiger partial charge in [-0.2, -0.15) is 0 Å². The lowest BCUT2D eigenvalue weighted by molar-refractivity contribution is -0.116. The average Bonchev–Trinajstić information content (AvgIpc) is 3.12. The molecule has 0 saturated heterocycles. The van der Waals surface area contributed by atoms with Gasteiger partial charge in [0.15, 0.2) is 0 Å². The molecule has 0 saturated carbocycles. The van der Waals surface area contributed by atoms with Gasteiger partial charge in [0.25, 0.3) is 11.8 Å². The standard InChI is InChI=1S/C39H33ClN4O5S/c1-44(2)30-18-13-25(14-19-30)23-34(43-36(45)27-11-7-4-8-12-27)37(46)41-29-16-20-31(21-17-29)50-35(26-9-5-3-6-10-26)38(47)42-33-24-28(39(48)49)15-22-32(33)40/h3-24,35H,1-2H3,(H,41,46)(H,42,47)(H,43,45)(H,48,49)/b34-23-. The molecule has 0 spiro atoms. The van der Waals surface area contributed by atoms with Crippen LogP contribution in [0.4, 0.5) is 17.1 Å². The van der Waals surface area contributed by atoms with E-state index >= 15 is 0 Å². The fourth-order valence-electron chi connectivity index (χ4n) is 4.78. The molecule has 5 aromatic rings. The number of hydrogen-bond donors (Lipinski definition) is 4. The molecule has 11 heteroatoms. The summed E-state index contributed by atoms with van der Waals surface area (Å²) in [6.07, 6.45) is 1.61. The first-order valence-electron chi connectivity index (χ1n) is 15.4. The monoisotopic (exact) mass is 704 g/mol. The van der Waals surface area contributed by atoms with Crippen LogP contribution in [0, 0.1) is 0 Å². The van der Waals surface area contributed by atoms with Gasteiger partial charge >= 0.3 is 5.97 Å². The number of amides is 3. The van der Waals surface area contributed by atoms with Crippen LogP contribution in [0.5, 0.6) is 0 Å². The molecule has 50 heavy (non-hydrogen) atoms. The number of carbonyl (C=O) groups excluding carboxylic acids is 3. The van der Waals surface area contributed by atoms with E-state index in [4.69, 9.17) is 11.6 Å². The first-order valence-corrected chi connectivity index (χ1v) is 16.7. The van der Waals surface area contributed by atoms with E-state index in [1.165, 1.54) is 30.0 Å². The van der Waals surface area contributed by atoms with Crippen molar-refractivity contribution < 1.29 is 24.3 Å². The van der Waals surface area contributed by atoms with Crippen LogP contribution in [-0.4, -0.2) is 42.9 Å². The van der Waals surface area contributed by atoms with Crippen molar-refractivity contribution in [2.24, 2.45) is 0 Å². The molecular formula is C39H33ClN4O5S. The maximum Gasteiger partial charge on any atom is 0.335 e. The molecule has 4 N–H and O–H groups in total. The Morgan fingerprint density at radius 1 is 0.760 bits per heavy atom. The molecule has 5 aromatic carbocycles. The summed E-state index contributed by atoms with van der Waals surface area (Å²) in [7, 11) is 3.87. The lowest BCUT2D eigenvalue weighted by Gasteiger charge is -2.18. The van der Waals surface area contributed by atoms with Crippen LogP contribution in [0.15, 0.2) is 138 Å². The summed E-state index contributed by atoms with van der Waals surface area (Å²) >= 11 is 7.56. The van der Waals surface area contributed by atoms with E-state index in [-0.39, 0.29) is 22.0 Å². The zero-order valence-electron chi connectivity index (χ0n) is 27.1. The molecule has 0 fully saturated rings. The summed E-state index contributed by atoms with van der Waals surface area (Å²) in [6, 6.07) is 36.4. The Labute approximate surface area is 299 Å². The van der Waals surface area contributed by atoms with E-state index in [0.29, 0.717) is 11.3 Å². The van der Waals surface area contributed by atoms with Crippen molar-refractivity contribution in [2.75, 3.05) is 29.6 Å². The van der Waals surface area contributed by atoms with E-state index in [9.17, 15) is 24.3 Å². The maximum atomic E-state index is 13.6. The molecular weight excluding hydrogens is 672 g/mol. The number of nitrogens with zero attached hydrogens (tertiary/aromatic N) is 1. The fourth-order valence-corrected chi connectivity index (χ4v) is 5.97. The van der Waals surface area contributed by atoms with Gasteiger partial charge in [-0.05, 0) is 83.9 Å². The number of benzene rings is 5. The minimum Gasteiger partial charge on any atom is -0.478 e. The Hall–Kier alpha value is -5.84. The number of rotatable bonds is 12. The van der Waals surface area contributed by atoms with Gasteiger partial charge < -0.3 is 26.0 Å². The van der Waals surface area contributed by atoms with Gasteiger partial charge in [-0.25, -0.2) is 4.79 Å². The topological polar surface area (TPSA) is 128 Å². The molecule has 1 unspecified atom stereocenters. The molecule has 5 rings (SSSR count). The normalized spacial score (nSPS) is 11.6. The second-order valence-electron chi connectivity index (χ2n) is 11.2. The molecule has 1 atom stereocenters. The largest absolute Gasteiger partial charge is 0.478 e. The molecule has 9 nitrogen and oxygen atoms in total. The number of thioether (sulfide) groups is 1. The molecule has 0 radical (unpaired) electrons. The number of carboxylic acid groups (broad SMARTS) is 1. The summed E-state index contributed by atoms with van der Waals surface area (Å²) < 4.78 is 0. The quantitative estimate of drug-likeness (QED) is 0.0766. The predicted molar refractivity (Wildman–Crippen MR) is 200 cm³/mol. The lowest BCUT2D eigenvalue weighted by atomic mass is 10.1. The van der Waals surface area contributed by atoms with E-state index < -0.39 is 28.9 Å². The van der Waals surface area contributed by atoms with Gasteiger partial charge in [0.1, 0.15) is 10.9 Å². The Kier molecular flexibility index (Phi) is 11.7. The number of hydrogen-bond acceptors (Lipinski definition) is 6. The first-order chi connectivity index (χ1) is 24.1. The maximum absolute atomic E-state index is 13.6. The van der Waals surface area contributed by atoms with Gasteiger partial charge in [-0.3, -0.25) is 14.4 Å². The second kappa shape index (κ2) is 16.5. The van der Waals surface area contributed by atoms with Crippen LogP contribution >= 0.6 is 23.4 Å². The van der Waals surface area contributed by atoms with Crippen LogP contribution in [0.3, 0.4) is 0 Å². The summed E-state index contributed by atoms with van der Waals surface area (Å²) in [6.45, 7) is 0. The lowest BCUT2D eigenvalue weighted by Crippen LogP contribution is -2.30. The van der Waals surface area contributed by atoms with E-state index in [0.717, 1.165) is 21.7 Å². The number of aromatic carboxylic acids is 1. The predicted octanol–water partition coefficient (Wildman–Crippen LogP) is 7.99. The smallest absolute Gasteiger partial charge is 0.335 e. The highest BCUT2D eigenvalue weighted by molar-refractivity contribution is 8.00. The number of nitrogens with one attached hydrogen (secondary N) is 3. The Bertz CT molecular complexity index is 2020. The molecule has 0 aromatic heterocycles. The highest BCUT2D eigenvalue weighted by atomic mass is 35.5. The Balaban J connectivity index is 1.34. The highest BCUT2D eigenvalue weighted by Gasteiger charge is 2.24. The minimum atomic E-state index is -1.14.